The van der Waals surface area contributed by atoms with E-state index in [1.54, 1.807) is 0 Å². The molecule has 3 aliphatic rings. The first-order valence-electron chi connectivity index (χ1n) is 12.0. The van der Waals surface area contributed by atoms with E-state index in [1.165, 1.54) is 43.3 Å². The minimum absolute atomic E-state index is 0.104. The largest absolute Gasteiger partial charge is 0.338 e. The maximum absolute atomic E-state index is 14.1. The third-order valence-corrected chi connectivity index (χ3v) is 6.86. The Morgan fingerprint density at radius 3 is 2.28 bits per heavy atom. The van der Waals surface area contributed by atoms with E-state index in [2.05, 4.69) is 22.2 Å². The zero-order valence-corrected chi connectivity index (χ0v) is 21.3. The van der Waals surface area contributed by atoms with Gasteiger partial charge in [-0.1, -0.05) is 23.7 Å². The summed E-state index contributed by atoms with van der Waals surface area (Å²) in [5.41, 5.74) is 1.79. The molecule has 3 saturated heterocycles. The first-order valence-corrected chi connectivity index (χ1v) is 12.4. The normalized spacial score (nSPS) is 21.3. The van der Waals surface area contributed by atoms with Gasteiger partial charge in [-0.2, -0.15) is 0 Å². The summed E-state index contributed by atoms with van der Waals surface area (Å²) < 4.78 is 27.4. The number of rotatable bonds is 5. The summed E-state index contributed by atoms with van der Waals surface area (Å²) in [5, 5.41) is 2.53. The van der Waals surface area contributed by atoms with Crippen molar-refractivity contribution in [2.75, 3.05) is 51.6 Å². The zero-order chi connectivity index (χ0) is 25.8. The molecule has 0 aliphatic carbocycles. The molecule has 2 aromatic carbocycles. The molecule has 2 amide bonds. The summed E-state index contributed by atoms with van der Waals surface area (Å²) in [4.78, 5) is 31.4. The Bertz CT molecular complexity index is 1120. The van der Waals surface area contributed by atoms with Crippen LogP contribution in [0.25, 0.3) is 6.08 Å². The highest BCUT2D eigenvalue weighted by Gasteiger charge is 2.32. The van der Waals surface area contributed by atoms with E-state index in [4.69, 9.17) is 11.6 Å². The van der Waals surface area contributed by atoms with Crippen molar-refractivity contribution in [2.45, 2.75) is 13.5 Å². The molecular weight excluding hydrogens is 486 g/mol. The van der Waals surface area contributed by atoms with E-state index >= 15 is 0 Å². The molecule has 6 nitrogen and oxygen atoms in total. The zero-order valence-electron chi connectivity index (χ0n) is 20.5. The third-order valence-electron chi connectivity index (χ3n) is 6.57. The Morgan fingerprint density at radius 2 is 1.67 bits per heavy atom. The van der Waals surface area contributed by atoms with Gasteiger partial charge in [-0.15, -0.1) is 0 Å². The van der Waals surface area contributed by atoms with Crippen LogP contribution < -0.4 is 5.32 Å². The number of nitrogens with zero attached hydrogens (tertiary/aromatic N) is 3. The summed E-state index contributed by atoms with van der Waals surface area (Å²) in [6.45, 7) is 6.73. The van der Waals surface area contributed by atoms with Crippen molar-refractivity contribution in [1.29, 1.82) is 0 Å². The van der Waals surface area contributed by atoms with E-state index in [-0.39, 0.29) is 34.5 Å². The molecule has 9 heteroatoms. The summed E-state index contributed by atoms with van der Waals surface area (Å²) in [7, 11) is 2.12. The second-order valence-electron chi connectivity index (χ2n) is 9.89. The Balaban J connectivity index is 1.48. The van der Waals surface area contributed by atoms with Gasteiger partial charge in [0, 0.05) is 81.9 Å². The van der Waals surface area contributed by atoms with Crippen molar-refractivity contribution in [3.8, 4) is 0 Å². The van der Waals surface area contributed by atoms with Gasteiger partial charge in [-0.25, -0.2) is 8.78 Å². The molecule has 36 heavy (non-hydrogen) atoms. The lowest BCUT2D eigenvalue weighted by molar-refractivity contribution is -0.129. The predicted octanol–water partition coefficient (Wildman–Crippen LogP) is 4.11. The Morgan fingerprint density at radius 1 is 1.03 bits per heavy atom. The SMILES string of the molecule is CC(=O)Nc1cc(Cl)c(F)cc1/C=C/C(=O)N1CC2CN(C)CC(CN(Cc3ccc(F)cc3)C2)C1. The Hall–Kier alpha value is -2.81. The molecule has 2 atom stereocenters. The fraction of sp³-hybridized carbons (Fsp3) is 0.407. The standard InChI is InChI=1S/C27H31ClF2N4O2/c1-18(35)31-26-10-24(28)25(30)9-22(26)5-8-27(36)34-16-20-11-32(2)12-21(17-34)15-33(14-20)13-19-3-6-23(29)7-4-19/h3-10,20-21H,11-17H2,1-2H3,(H,31,35)/b8-5+. The average molecular weight is 517 g/mol. The van der Waals surface area contributed by atoms with Crippen LogP contribution in [0.2, 0.25) is 5.02 Å². The first-order chi connectivity index (χ1) is 17.2. The van der Waals surface area contributed by atoms with E-state index in [1.807, 2.05) is 17.0 Å². The molecule has 3 heterocycles. The van der Waals surface area contributed by atoms with Gasteiger partial charge in [-0.05, 0) is 43.0 Å². The van der Waals surface area contributed by atoms with Crippen molar-refractivity contribution in [3.05, 3.63) is 70.3 Å². The van der Waals surface area contributed by atoms with E-state index < -0.39 is 5.82 Å². The lowest BCUT2D eigenvalue weighted by Gasteiger charge is -2.44. The second kappa shape index (κ2) is 11.5. The van der Waals surface area contributed by atoms with Gasteiger partial charge in [0.1, 0.15) is 11.6 Å². The molecule has 0 spiro atoms. The lowest BCUT2D eigenvalue weighted by Crippen LogP contribution is -2.55. The molecular formula is C27H31ClF2N4O2. The summed E-state index contributed by atoms with van der Waals surface area (Å²) in [5.74, 6) is -0.829. The highest BCUT2D eigenvalue weighted by atomic mass is 35.5. The molecule has 5 rings (SSSR count). The number of anilines is 1. The van der Waals surface area contributed by atoms with Gasteiger partial charge in [0.05, 0.1) is 5.02 Å². The molecule has 2 unspecified atom stereocenters. The number of hydrogen-bond acceptors (Lipinski definition) is 4. The summed E-state index contributed by atoms with van der Waals surface area (Å²) in [6.07, 6.45) is 2.96. The van der Waals surface area contributed by atoms with Gasteiger partial charge >= 0.3 is 0 Å². The lowest BCUT2D eigenvalue weighted by atomic mass is 9.96. The van der Waals surface area contributed by atoms with Gasteiger partial charge in [0.2, 0.25) is 11.8 Å². The number of benzene rings is 2. The number of amides is 2. The fourth-order valence-electron chi connectivity index (χ4n) is 5.23. The van der Waals surface area contributed by atoms with Crippen molar-refractivity contribution in [2.24, 2.45) is 11.8 Å². The van der Waals surface area contributed by atoms with E-state index in [0.29, 0.717) is 24.3 Å². The van der Waals surface area contributed by atoms with Gasteiger partial charge < -0.3 is 15.1 Å². The molecule has 2 aromatic rings. The maximum atomic E-state index is 14.1. The fourth-order valence-corrected chi connectivity index (χ4v) is 5.39. The van der Waals surface area contributed by atoms with Crippen molar-refractivity contribution >= 4 is 35.2 Å². The van der Waals surface area contributed by atoms with Crippen LogP contribution in [-0.2, 0) is 16.1 Å². The van der Waals surface area contributed by atoms with Crippen LogP contribution >= 0.6 is 11.6 Å². The molecule has 2 bridgehead atoms. The Kier molecular flexibility index (Phi) is 8.39. The highest BCUT2D eigenvalue weighted by molar-refractivity contribution is 6.31. The quantitative estimate of drug-likeness (QED) is 0.608. The summed E-state index contributed by atoms with van der Waals surface area (Å²) in [6, 6.07) is 9.18. The Labute approximate surface area is 215 Å². The summed E-state index contributed by atoms with van der Waals surface area (Å²) >= 11 is 5.87. The minimum Gasteiger partial charge on any atom is -0.338 e. The smallest absolute Gasteiger partial charge is 0.246 e. The average Bonchev–Trinajstić information content (AvgIpc) is 2.77. The van der Waals surface area contributed by atoms with Crippen LogP contribution in [0.15, 0.2) is 42.5 Å². The topological polar surface area (TPSA) is 55.9 Å². The van der Waals surface area contributed by atoms with Crippen molar-refractivity contribution in [1.82, 2.24) is 14.7 Å². The van der Waals surface area contributed by atoms with Crippen LogP contribution in [0.4, 0.5) is 14.5 Å². The first kappa shape index (κ1) is 26.3. The minimum atomic E-state index is -0.622. The van der Waals surface area contributed by atoms with Crippen LogP contribution in [0.1, 0.15) is 18.1 Å². The number of hydrogen-bond donors (Lipinski definition) is 1. The van der Waals surface area contributed by atoms with Gasteiger partial charge in [0.25, 0.3) is 0 Å². The number of carbonyl (C=O) groups excluding carboxylic acids is 2. The highest BCUT2D eigenvalue weighted by Crippen LogP contribution is 2.26. The molecule has 192 valence electrons. The molecule has 3 fully saturated rings. The van der Waals surface area contributed by atoms with Gasteiger partial charge in [0.15, 0.2) is 0 Å². The molecule has 0 saturated carbocycles. The van der Waals surface area contributed by atoms with E-state index in [9.17, 15) is 18.4 Å². The predicted molar refractivity (Wildman–Crippen MR) is 137 cm³/mol. The number of halogens is 3. The third kappa shape index (κ3) is 6.90. The van der Waals surface area contributed by atoms with Crippen molar-refractivity contribution in [3.63, 3.8) is 0 Å². The van der Waals surface area contributed by atoms with E-state index in [0.717, 1.165) is 38.3 Å². The molecule has 0 aromatic heterocycles. The molecule has 1 N–H and O–H groups in total. The number of fused-ring (bicyclic) bond motifs is 6. The van der Waals surface area contributed by atoms with Crippen LogP contribution in [0.3, 0.4) is 0 Å². The monoisotopic (exact) mass is 516 g/mol. The molecule has 0 radical (unpaired) electrons. The number of nitrogens with one attached hydrogen (secondary N) is 1. The second-order valence-corrected chi connectivity index (χ2v) is 10.3. The molecule has 3 aliphatic heterocycles. The van der Waals surface area contributed by atoms with Crippen LogP contribution in [0, 0.1) is 23.5 Å². The number of carbonyl (C=O) groups is 2. The van der Waals surface area contributed by atoms with Crippen molar-refractivity contribution < 1.29 is 18.4 Å². The maximum Gasteiger partial charge on any atom is 0.246 e. The van der Waals surface area contributed by atoms with Crippen LogP contribution in [-0.4, -0.2) is 72.8 Å². The van der Waals surface area contributed by atoms with Gasteiger partial charge in [-0.3, -0.25) is 14.5 Å². The van der Waals surface area contributed by atoms with Crippen LogP contribution in [0.5, 0.6) is 0 Å².